The SMILES string of the molecule is NC(=O)NC1=CSC(Cl)=CCCC1. The minimum Gasteiger partial charge on any atom is -0.351 e. The van der Waals surface area contributed by atoms with Crippen LogP contribution in [0.2, 0.25) is 0 Å². The molecule has 1 aliphatic heterocycles. The average Bonchev–Trinajstić information content (AvgIpc) is 2.03. The number of carbonyl (C=O) groups is 1. The Morgan fingerprint density at radius 3 is 3.15 bits per heavy atom. The van der Waals surface area contributed by atoms with E-state index in [0.717, 1.165) is 29.3 Å². The fourth-order valence-corrected chi connectivity index (χ4v) is 1.88. The zero-order valence-corrected chi connectivity index (χ0v) is 8.62. The maximum Gasteiger partial charge on any atom is 0.316 e. The third-order valence-corrected chi connectivity index (χ3v) is 2.77. The van der Waals surface area contributed by atoms with Gasteiger partial charge in [-0.15, -0.1) is 0 Å². The first-order valence-electron chi connectivity index (χ1n) is 3.96. The van der Waals surface area contributed by atoms with Crippen LogP contribution in [0.3, 0.4) is 0 Å². The zero-order valence-electron chi connectivity index (χ0n) is 7.05. The van der Waals surface area contributed by atoms with Gasteiger partial charge in [-0.05, 0) is 24.7 Å². The number of carbonyl (C=O) groups excluding carboxylic acids is 1. The largest absolute Gasteiger partial charge is 0.351 e. The monoisotopic (exact) mass is 218 g/mol. The number of primary amides is 1. The molecular formula is C8H11ClN2OS. The number of nitrogens with two attached hydrogens (primary N) is 1. The summed E-state index contributed by atoms with van der Waals surface area (Å²) < 4.78 is 0.739. The highest BCUT2D eigenvalue weighted by Crippen LogP contribution is 2.26. The van der Waals surface area contributed by atoms with E-state index in [1.165, 1.54) is 11.8 Å². The summed E-state index contributed by atoms with van der Waals surface area (Å²) in [7, 11) is 0. The molecule has 5 heteroatoms. The van der Waals surface area contributed by atoms with Crippen LogP contribution in [-0.4, -0.2) is 6.03 Å². The summed E-state index contributed by atoms with van der Waals surface area (Å²) in [6.07, 6.45) is 4.72. The van der Waals surface area contributed by atoms with E-state index >= 15 is 0 Å². The topological polar surface area (TPSA) is 55.1 Å². The summed E-state index contributed by atoms with van der Waals surface area (Å²) in [6, 6.07) is -0.521. The molecule has 13 heavy (non-hydrogen) atoms. The van der Waals surface area contributed by atoms with Crippen LogP contribution < -0.4 is 11.1 Å². The molecule has 0 aromatic rings. The molecule has 1 rings (SSSR count). The number of thioether (sulfide) groups is 1. The summed E-state index contributed by atoms with van der Waals surface area (Å²) in [5, 5.41) is 4.39. The van der Waals surface area contributed by atoms with Crippen LogP contribution in [0.1, 0.15) is 19.3 Å². The predicted octanol–water partition coefficient (Wildman–Crippen LogP) is 2.49. The van der Waals surface area contributed by atoms with Gasteiger partial charge in [0, 0.05) is 5.70 Å². The van der Waals surface area contributed by atoms with Crippen LogP contribution in [0.15, 0.2) is 21.5 Å². The predicted molar refractivity (Wildman–Crippen MR) is 56.2 cm³/mol. The first-order chi connectivity index (χ1) is 6.18. The van der Waals surface area contributed by atoms with Gasteiger partial charge < -0.3 is 11.1 Å². The Hall–Kier alpha value is -0.610. The molecule has 0 aliphatic carbocycles. The third-order valence-electron chi connectivity index (χ3n) is 1.55. The standard InChI is InChI=1S/C8H11ClN2OS/c9-7-4-2-1-3-6(5-13-7)11-8(10)12/h4-5H,1-3H2,(H3,10,11,12). The highest BCUT2D eigenvalue weighted by Gasteiger charge is 2.03. The average molecular weight is 219 g/mol. The second kappa shape index (κ2) is 5.19. The number of nitrogens with one attached hydrogen (secondary N) is 1. The summed E-state index contributed by atoms with van der Waals surface area (Å²) in [5.74, 6) is 0. The molecule has 0 unspecified atom stereocenters. The Balaban J connectivity index is 2.57. The molecule has 0 saturated heterocycles. The Morgan fingerprint density at radius 2 is 2.46 bits per heavy atom. The van der Waals surface area contributed by atoms with Crippen molar-refractivity contribution < 1.29 is 4.79 Å². The number of amides is 2. The summed E-state index contributed by atoms with van der Waals surface area (Å²) >= 11 is 7.23. The Morgan fingerprint density at radius 1 is 1.69 bits per heavy atom. The van der Waals surface area contributed by atoms with Gasteiger partial charge in [0.2, 0.25) is 0 Å². The molecule has 0 spiro atoms. The van der Waals surface area contributed by atoms with E-state index in [0.29, 0.717) is 0 Å². The zero-order chi connectivity index (χ0) is 9.68. The maximum absolute atomic E-state index is 10.6. The Bertz CT molecular complexity index is 263. The van der Waals surface area contributed by atoms with E-state index in [1.807, 2.05) is 11.5 Å². The third kappa shape index (κ3) is 4.24. The lowest BCUT2D eigenvalue weighted by molar-refractivity contribution is 0.251. The van der Waals surface area contributed by atoms with Crippen LogP contribution in [0.4, 0.5) is 4.79 Å². The molecule has 2 amide bonds. The Kier molecular flexibility index (Phi) is 4.18. The van der Waals surface area contributed by atoms with Crippen LogP contribution >= 0.6 is 23.4 Å². The van der Waals surface area contributed by atoms with Gasteiger partial charge in [0.25, 0.3) is 0 Å². The van der Waals surface area contributed by atoms with Crippen molar-refractivity contribution in [3.8, 4) is 0 Å². The smallest absolute Gasteiger partial charge is 0.316 e. The summed E-state index contributed by atoms with van der Waals surface area (Å²) in [6.45, 7) is 0. The van der Waals surface area contributed by atoms with Crippen LogP contribution in [0.5, 0.6) is 0 Å². The molecule has 0 radical (unpaired) electrons. The molecular weight excluding hydrogens is 208 g/mol. The normalized spacial score (nSPS) is 17.9. The summed E-state index contributed by atoms with van der Waals surface area (Å²) in [5.41, 5.74) is 5.84. The fraction of sp³-hybridized carbons (Fsp3) is 0.375. The molecule has 72 valence electrons. The molecule has 0 atom stereocenters. The number of urea groups is 1. The van der Waals surface area contributed by atoms with Gasteiger partial charge >= 0.3 is 6.03 Å². The molecule has 0 bridgehead atoms. The molecule has 0 fully saturated rings. The van der Waals surface area contributed by atoms with Gasteiger partial charge in [0.15, 0.2) is 0 Å². The van der Waals surface area contributed by atoms with Gasteiger partial charge in [0.1, 0.15) is 0 Å². The molecule has 1 heterocycles. The lowest BCUT2D eigenvalue weighted by Crippen LogP contribution is -2.28. The van der Waals surface area contributed by atoms with E-state index in [9.17, 15) is 4.79 Å². The van der Waals surface area contributed by atoms with Crippen LogP contribution in [-0.2, 0) is 0 Å². The van der Waals surface area contributed by atoms with Crippen molar-refractivity contribution in [1.29, 1.82) is 0 Å². The molecule has 0 saturated carbocycles. The van der Waals surface area contributed by atoms with E-state index in [4.69, 9.17) is 17.3 Å². The quantitative estimate of drug-likeness (QED) is 0.711. The van der Waals surface area contributed by atoms with Crippen molar-refractivity contribution in [2.45, 2.75) is 19.3 Å². The van der Waals surface area contributed by atoms with Crippen molar-refractivity contribution >= 4 is 29.4 Å². The number of halogens is 1. The Labute approximate surface area is 86.4 Å². The second-order valence-corrected chi connectivity index (χ2v) is 4.19. The van der Waals surface area contributed by atoms with E-state index in [2.05, 4.69) is 5.32 Å². The van der Waals surface area contributed by atoms with Gasteiger partial charge in [-0.1, -0.05) is 29.4 Å². The fourth-order valence-electron chi connectivity index (χ4n) is 0.993. The van der Waals surface area contributed by atoms with Gasteiger partial charge in [-0.2, -0.15) is 0 Å². The highest BCUT2D eigenvalue weighted by atomic mass is 35.5. The number of hydrogen-bond acceptors (Lipinski definition) is 2. The lowest BCUT2D eigenvalue weighted by atomic mass is 10.2. The molecule has 0 aromatic carbocycles. The number of hydrogen-bond donors (Lipinski definition) is 2. The van der Waals surface area contributed by atoms with Crippen LogP contribution in [0.25, 0.3) is 0 Å². The first-order valence-corrected chi connectivity index (χ1v) is 5.22. The van der Waals surface area contributed by atoms with E-state index in [-0.39, 0.29) is 0 Å². The minimum atomic E-state index is -0.521. The highest BCUT2D eigenvalue weighted by molar-refractivity contribution is 8.07. The van der Waals surface area contributed by atoms with Gasteiger partial charge in [0.05, 0.1) is 4.36 Å². The summed E-state index contributed by atoms with van der Waals surface area (Å²) in [4.78, 5) is 10.6. The number of allylic oxidation sites excluding steroid dienone is 2. The lowest BCUT2D eigenvalue weighted by Gasteiger charge is -2.09. The van der Waals surface area contributed by atoms with Gasteiger partial charge in [-0.25, -0.2) is 4.79 Å². The van der Waals surface area contributed by atoms with Crippen molar-refractivity contribution in [2.24, 2.45) is 5.73 Å². The maximum atomic E-state index is 10.6. The molecule has 3 nitrogen and oxygen atoms in total. The van der Waals surface area contributed by atoms with Crippen molar-refractivity contribution in [1.82, 2.24) is 5.32 Å². The van der Waals surface area contributed by atoms with Crippen molar-refractivity contribution in [2.75, 3.05) is 0 Å². The minimum absolute atomic E-state index is 0.521. The first kappa shape index (κ1) is 10.5. The molecule has 1 aliphatic rings. The van der Waals surface area contributed by atoms with Crippen LogP contribution in [0, 0.1) is 0 Å². The molecule has 3 N–H and O–H groups in total. The van der Waals surface area contributed by atoms with E-state index in [1.54, 1.807) is 0 Å². The number of rotatable bonds is 1. The van der Waals surface area contributed by atoms with Gasteiger partial charge in [-0.3, -0.25) is 0 Å². The van der Waals surface area contributed by atoms with Crippen molar-refractivity contribution in [3.05, 3.63) is 21.5 Å². The molecule has 0 aromatic heterocycles. The van der Waals surface area contributed by atoms with E-state index < -0.39 is 6.03 Å². The van der Waals surface area contributed by atoms with Crippen molar-refractivity contribution in [3.63, 3.8) is 0 Å². The second-order valence-electron chi connectivity index (χ2n) is 2.65.